The number of nitrogens with zero attached hydrogens (tertiary/aromatic N) is 1. The molecule has 2 heterocycles. The fraction of sp³-hybridized carbons (Fsp3) is 0.579. The summed E-state index contributed by atoms with van der Waals surface area (Å²) in [6.07, 6.45) is 2.96. The highest BCUT2D eigenvalue weighted by molar-refractivity contribution is 5.83. The van der Waals surface area contributed by atoms with E-state index >= 15 is 0 Å². The van der Waals surface area contributed by atoms with E-state index in [0.717, 1.165) is 30.7 Å². The zero-order valence-electron chi connectivity index (χ0n) is 14.4. The van der Waals surface area contributed by atoms with Crippen molar-refractivity contribution in [3.8, 4) is 5.75 Å². The van der Waals surface area contributed by atoms with Crippen LogP contribution in [-0.4, -0.2) is 41.1 Å². The largest absolute Gasteiger partial charge is 0.481 e. The molecule has 0 aromatic heterocycles. The zero-order chi connectivity index (χ0) is 17.3. The first-order valence-corrected chi connectivity index (χ1v) is 8.71. The van der Waals surface area contributed by atoms with E-state index < -0.39 is 12.1 Å². The number of aryl methyl sites for hydroxylation is 2. The number of likely N-dealkylation sites (tertiary alicyclic amines) is 1. The van der Waals surface area contributed by atoms with Gasteiger partial charge in [0.2, 0.25) is 0 Å². The monoisotopic (exact) mass is 331 g/mol. The molecule has 1 aromatic rings. The fourth-order valence-electron chi connectivity index (χ4n) is 3.68. The second kappa shape index (κ2) is 6.83. The number of rotatable bonds is 4. The van der Waals surface area contributed by atoms with Crippen LogP contribution in [0.2, 0.25) is 0 Å². The van der Waals surface area contributed by atoms with Gasteiger partial charge in [-0.15, -0.1) is 0 Å². The van der Waals surface area contributed by atoms with Crippen molar-refractivity contribution in [3.05, 3.63) is 28.8 Å². The van der Waals surface area contributed by atoms with Gasteiger partial charge in [-0.05, 0) is 61.8 Å². The van der Waals surface area contributed by atoms with Gasteiger partial charge < -0.3 is 14.7 Å². The Bertz CT molecular complexity index is 624. The van der Waals surface area contributed by atoms with Crippen LogP contribution >= 0.6 is 0 Å². The lowest BCUT2D eigenvalue weighted by atomic mass is 9.93. The Morgan fingerprint density at radius 2 is 2.04 bits per heavy atom. The van der Waals surface area contributed by atoms with Crippen LogP contribution in [0.15, 0.2) is 12.1 Å². The lowest BCUT2D eigenvalue weighted by Gasteiger charge is -2.34. The third-order valence-electron chi connectivity index (χ3n) is 5.22. The number of benzene rings is 1. The lowest BCUT2D eigenvalue weighted by Crippen LogP contribution is -2.46. The highest BCUT2D eigenvalue weighted by Crippen LogP contribution is 2.33. The molecule has 1 saturated heterocycles. The maximum Gasteiger partial charge on any atom is 0.303 e. The summed E-state index contributed by atoms with van der Waals surface area (Å²) in [5.74, 6) is 0.392. The topological polar surface area (TPSA) is 66.8 Å². The second-order valence-electron chi connectivity index (χ2n) is 7.08. The number of amides is 1. The summed E-state index contributed by atoms with van der Waals surface area (Å²) in [6, 6.07) is 4.13. The third-order valence-corrected chi connectivity index (χ3v) is 5.22. The number of aliphatic carboxylic acids is 1. The van der Waals surface area contributed by atoms with Crippen LogP contribution in [0.1, 0.15) is 42.4 Å². The standard InChI is InChI=1S/C19H25NO4/c1-12-8-15-10-17(24-16(15)9-13(12)2)19(23)20-7-3-4-14(11-20)5-6-18(21)22/h8-9,14,17H,3-7,10-11H2,1-2H3,(H,21,22)/t14-,17+/m1/s1. The maximum absolute atomic E-state index is 12.8. The summed E-state index contributed by atoms with van der Waals surface area (Å²) in [5, 5.41) is 8.84. The number of fused-ring (bicyclic) bond motifs is 1. The minimum absolute atomic E-state index is 0.0431. The molecule has 24 heavy (non-hydrogen) atoms. The van der Waals surface area contributed by atoms with Crippen molar-refractivity contribution >= 4 is 11.9 Å². The van der Waals surface area contributed by atoms with Crippen molar-refractivity contribution in [2.45, 2.75) is 52.1 Å². The van der Waals surface area contributed by atoms with E-state index in [9.17, 15) is 9.59 Å². The molecule has 0 radical (unpaired) electrons. The van der Waals surface area contributed by atoms with Crippen molar-refractivity contribution in [3.63, 3.8) is 0 Å². The number of piperidine rings is 1. The minimum atomic E-state index is -0.765. The quantitative estimate of drug-likeness (QED) is 0.921. The molecule has 130 valence electrons. The molecule has 2 aliphatic rings. The molecule has 2 aliphatic heterocycles. The third kappa shape index (κ3) is 3.55. The summed E-state index contributed by atoms with van der Waals surface area (Å²) in [4.78, 5) is 25.4. The molecule has 0 aliphatic carbocycles. The second-order valence-corrected chi connectivity index (χ2v) is 7.08. The van der Waals surface area contributed by atoms with Crippen LogP contribution in [-0.2, 0) is 16.0 Å². The molecule has 1 fully saturated rings. The molecule has 5 heteroatoms. The van der Waals surface area contributed by atoms with Gasteiger partial charge in [0.1, 0.15) is 5.75 Å². The number of carboxylic acids is 1. The number of carbonyl (C=O) groups is 2. The number of carbonyl (C=O) groups excluding carboxylic acids is 1. The lowest BCUT2D eigenvalue weighted by molar-refractivity contribution is -0.140. The number of hydrogen-bond donors (Lipinski definition) is 1. The molecule has 5 nitrogen and oxygen atoms in total. The van der Waals surface area contributed by atoms with Crippen LogP contribution in [0.25, 0.3) is 0 Å². The molecule has 0 spiro atoms. The molecule has 2 atom stereocenters. The van der Waals surface area contributed by atoms with E-state index in [1.165, 1.54) is 11.1 Å². The summed E-state index contributed by atoms with van der Waals surface area (Å²) < 4.78 is 5.91. The van der Waals surface area contributed by atoms with Gasteiger partial charge in [-0.1, -0.05) is 6.07 Å². The van der Waals surface area contributed by atoms with Gasteiger partial charge in [-0.2, -0.15) is 0 Å². The van der Waals surface area contributed by atoms with Gasteiger partial charge in [0.25, 0.3) is 5.91 Å². The smallest absolute Gasteiger partial charge is 0.303 e. The average Bonchev–Trinajstić information content (AvgIpc) is 2.95. The van der Waals surface area contributed by atoms with Gasteiger partial charge >= 0.3 is 5.97 Å². The van der Waals surface area contributed by atoms with Crippen LogP contribution in [0.5, 0.6) is 5.75 Å². The summed E-state index contributed by atoms with van der Waals surface area (Å²) in [5.41, 5.74) is 3.50. The first-order chi connectivity index (χ1) is 11.4. The molecular weight excluding hydrogens is 306 g/mol. The van der Waals surface area contributed by atoms with Crippen LogP contribution in [0, 0.1) is 19.8 Å². The molecule has 1 aromatic carbocycles. The van der Waals surface area contributed by atoms with Crippen molar-refractivity contribution in [1.82, 2.24) is 4.90 Å². The number of ether oxygens (including phenoxy) is 1. The highest BCUT2D eigenvalue weighted by Gasteiger charge is 2.34. The molecule has 3 rings (SSSR count). The Labute approximate surface area is 142 Å². The van der Waals surface area contributed by atoms with E-state index in [2.05, 4.69) is 13.0 Å². The van der Waals surface area contributed by atoms with Crippen molar-refractivity contribution in [1.29, 1.82) is 0 Å². The van der Waals surface area contributed by atoms with E-state index in [0.29, 0.717) is 19.4 Å². The Balaban J connectivity index is 1.62. The molecule has 0 bridgehead atoms. The van der Waals surface area contributed by atoms with E-state index in [-0.39, 0.29) is 18.2 Å². The predicted octanol–water partition coefficient (Wildman–Crippen LogP) is 2.71. The van der Waals surface area contributed by atoms with E-state index in [1.54, 1.807) is 0 Å². The highest BCUT2D eigenvalue weighted by atomic mass is 16.5. The Hall–Kier alpha value is -2.04. The van der Waals surface area contributed by atoms with Gasteiger partial charge in [-0.25, -0.2) is 0 Å². The molecule has 1 amide bonds. The normalized spacial score (nSPS) is 22.8. The Morgan fingerprint density at radius 3 is 2.79 bits per heavy atom. The van der Waals surface area contributed by atoms with Crippen molar-refractivity contribution in [2.24, 2.45) is 5.92 Å². The minimum Gasteiger partial charge on any atom is -0.481 e. The van der Waals surface area contributed by atoms with Crippen LogP contribution in [0.4, 0.5) is 0 Å². The van der Waals surface area contributed by atoms with Gasteiger partial charge in [0.15, 0.2) is 6.10 Å². The first-order valence-electron chi connectivity index (χ1n) is 8.71. The van der Waals surface area contributed by atoms with Crippen molar-refractivity contribution < 1.29 is 19.4 Å². The fourth-order valence-corrected chi connectivity index (χ4v) is 3.68. The van der Waals surface area contributed by atoms with Gasteiger partial charge in [-0.3, -0.25) is 9.59 Å². The van der Waals surface area contributed by atoms with Crippen molar-refractivity contribution in [2.75, 3.05) is 13.1 Å². The maximum atomic E-state index is 12.8. The van der Waals surface area contributed by atoms with E-state index in [4.69, 9.17) is 9.84 Å². The number of carboxylic acid groups (broad SMARTS) is 1. The van der Waals surface area contributed by atoms with Gasteiger partial charge in [0, 0.05) is 25.9 Å². The Morgan fingerprint density at radius 1 is 1.29 bits per heavy atom. The molecule has 0 unspecified atom stereocenters. The average molecular weight is 331 g/mol. The summed E-state index contributed by atoms with van der Waals surface area (Å²) in [7, 11) is 0. The van der Waals surface area contributed by atoms with Crippen LogP contribution < -0.4 is 4.74 Å². The molecule has 0 saturated carbocycles. The predicted molar refractivity (Wildman–Crippen MR) is 90.2 cm³/mol. The molecular formula is C19H25NO4. The zero-order valence-corrected chi connectivity index (χ0v) is 14.4. The SMILES string of the molecule is Cc1cc2c(cc1C)O[C@H](C(=O)N1CCC[C@H](CCC(=O)O)C1)C2. The first kappa shape index (κ1) is 16.8. The molecule has 1 N–H and O–H groups in total. The Kier molecular flexibility index (Phi) is 4.78. The van der Waals surface area contributed by atoms with Crippen LogP contribution in [0.3, 0.4) is 0 Å². The number of hydrogen-bond acceptors (Lipinski definition) is 3. The summed E-state index contributed by atoms with van der Waals surface area (Å²) in [6.45, 7) is 5.52. The van der Waals surface area contributed by atoms with Gasteiger partial charge in [0.05, 0.1) is 0 Å². The summed E-state index contributed by atoms with van der Waals surface area (Å²) >= 11 is 0. The van der Waals surface area contributed by atoms with E-state index in [1.807, 2.05) is 17.9 Å².